The number of thiophene rings is 1. The van der Waals surface area contributed by atoms with E-state index in [1.807, 2.05) is 93.2 Å². The number of halogens is 1. The summed E-state index contributed by atoms with van der Waals surface area (Å²) in [6.07, 6.45) is -0.245. The first-order valence-electron chi connectivity index (χ1n) is 22.3. The molecule has 0 aliphatic carbocycles. The van der Waals surface area contributed by atoms with Crippen molar-refractivity contribution in [3.8, 4) is 15.4 Å². The van der Waals surface area contributed by atoms with E-state index in [2.05, 4.69) is 45.0 Å². The molecule has 2 aromatic carbocycles. The van der Waals surface area contributed by atoms with E-state index < -0.39 is 41.5 Å². The molecule has 7 rings (SSSR count). The lowest BCUT2D eigenvalue weighted by atomic mass is 9.85. The zero-order valence-corrected chi connectivity index (χ0v) is 41.2. The molecule has 4 atom stereocenters. The summed E-state index contributed by atoms with van der Waals surface area (Å²) in [5, 5.41) is 29.7. The molecule has 1 fully saturated rings. The third-order valence-electron chi connectivity index (χ3n) is 11.8. The molecule has 67 heavy (non-hydrogen) atoms. The maximum atomic E-state index is 14.0. The standard InChI is InChI=1S/C48H58ClN9O7S2/c1-27-29(3)67-47-40(27)41(32-13-15-34(49)16-14-32)53-36(44-56-55-30(4)58(44)47)22-38(60)50-17-20-64-18-8-19-65-25-39(61)54-43(48(5,6)7)46(63)57-24-35(59)21-37(57)45(62)51-23-31-9-11-33(12-10-31)42-28(2)52-26-66-42/h9-16,26,35-37,43,59H,8,17-25H2,1-7H3,(H,50,60)(H,51,62)(H,54,61)/t35-,36+,37+,43-/m1/s1. The Hall–Kier alpha value is -5.37. The molecule has 4 N–H and O–H groups in total. The Morgan fingerprint density at radius 1 is 0.925 bits per heavy atom. The smallest absolute Gasteiger partial charge is 0.246 e. The molecule has 0 spiro atoms. The molecule has 0 unspecified atom stereocenters. The van der Waals surface area contributed by atoms with Crippen LogP contribution in [0.25, 0.3) is 15.4 Å². The summed E-state index contributed by atoms with van der Waals surface area (Å²) in [6.45, 7) is 14.5. The largest absolute Gasteiger partial charge is 0.391 e. The van der Waals surface area contributed by atoms with Crippen molar-refractivity contribution >= 4 is 63.6 Å². The summed E-state index contributed by atoms with van der Waals surface area (Å²) in [4.78, 5) is 66.9. The van der Waals surface area contributed by atoms with Crippen molar-refractivity contribution in [2.75, 3.05) is 39.5 Å². The molecule has 356 valence electrons. The van der Waals surface area contributed by atoms with Gasteiger partial charge in [-0.2, -0.15) is 0 Å². The van der Waals surface area contributed by atoms with Crippen molar-refractivity contribution in [1.29, 1.82) is 0 Å². The predicted octanol–water partition coefficient (Wildman–Crippen LogP) is 5.97. The van der Waals surface area contributed by atoms with E-state index in [1.165, 1.54) is 4.90 Å². The van der Waals surface area contributed by atoms with Crippen LogP contribution in [0.4, 0.5) is 0 Å². The average molecular weight is 973 g/mol. The minimum Gasteiger partial charge on any atom is -0.391 e. The molecule has 2 aliphatic heterocycles. The molecule has 3 aromatic heterocycles. The summed E-state index contributed by atoms with van der Waals surface area (Å²) in [5.74, 6) is -0.210. The predicted molar refractivity (Wildman–Crippen MR) is 259 cm³/mol. The minimum absolute atomic E-state index is 0.0246. The second-order valence-electron chi connectivity index (χ2n) is 17.9. The number of thiazole rings is 1. The van der Waals surface area contributed by atoms with Gasteiger partial charge in [0.2, 0.25) is 23.6 Å². The fourth-order valence-electron chi connectivity index (χ4n) is 8.16. The lowest BCUT2D eigenvalue weighted by Gasteiger charge is -2.35. The van der Waals surface area contributed by atoms with Crippen LogP contribution in [0, 0.1) is 33.1 Å². The average Bonchev–Trinajstić information content (AvgIpc) is 4.06. The van der Waals surface area contributed by atoms with Gasteiger partial charge in [0.05, 0.1) is 40.9 Å². The maximum Gasteiger partial charge on any atom is 0.246 e. The van der Waals surface area contributed by atoms with Crippen LogP contribution in [-0.4, -0.2) is 117 Å². The molecule has 1 saturated heterocycles. The fraction of sp³-hybridized carbons (Fsp3) is 0.458. The Labute approximate surface area is 403 Å². The number of aromatic nitrogens is 4. The lowest BCUT2D eigenvalue weighted by molar-refractivity contribution is -0.144. The van der Waals surface area contributed by atoms with E-state index >= 15 is 0 Å². The molecule has 5 heterocycles. The monoisotopic (exact) mass is 971 g/mol. The summed E-state index contributed by atoms with van der Waals surface area (Å²) >= 11 is 9.45. The molecule has 0 saturated carbocycles. The van der Waals surface area contributed by atoms with E-state index in [0.29, 0.717) is 29.7 Å². The number of aryl methyl sites for hydroxylation is 3. The molecule has 2 aliphatic rings. The van der Waals surface area contributed by atoms with Gasteiger partial charge in [-0.25, -0.2) is 4.98 Å². The van der Waals surface area contributed by atoms with Gasteiger partial charge in [-0.3, -0.25) is 28.7 Å². The van der Waals surface area contributed by atoms with Gasteiger partial charge in [0, 0.05) is 60.3 Å². The molecule has 0 radical (unpaired) electrons. The van der Waals surface area contributed by atoms with Crippen molar-refractivity contribution < 1.29 is 33.8 Å². The van der Waals surface area contributed by atoms with Crippen molar-refractivity contribution in [1.82, 2.24) is 40.6 Å². The Balaban J connectivity index is 0.832. The summed E-state index contributed by atoms with van der Waals surface area (Å²) in [7, 11) is 0. The van der Waals surface area contributed by atoms with Gasteiger partial charge in [0.1, 0.15) is 35.6 Å². The maximum absolute atomic E-state index is 14.0. The number of aliphatic imine (C=N–C) groups is 1. The fourth-order valence-corrected chi connectivity index (χ4v) is 10.3. The number of ether oxygens (including phenoxy) is 2. The van der Waals surface area contributed by atoms with Crippen molar-refractivity contribution in [2.24, 2.45) is 10.4 Å². The number of hydrogen-bond acceptors (Lipinski definition) is 13. The number of aliphatic hydroxyl groups excluding tert-OH is 1. The van der Waals surface area contributed by atoms with Crippen LogP contribution in [0.2, 0.25) is 5.02 Å². The topological polar surface area (TPSA) is 202 Å². The van der Waals surface area contributed by atoms with Gasteiger partial charge in [0.15, 0.2) is 5.82 Å². The molecule has 4 amide bonds. The third-order valence-corrected chi connectivity index (χ3v) is 14.2. The van der Waals surface area contributed by atoms with Crippen LogP contribution in [0.15, 0.2) is 59.0 Å². The Morgan fingerprint density at radius 2 is 1.64 bits per heavy atom. The van der Waals surface area contributed by atoms with Gasteiger partial charge in [-0.1, -0.05) is 68.8 Å². The lowest BCUT2D eigenvalue weighted by Crippen LogP contribution is -2.58. The number of β-amino-alcohol motifs (C(OH)–C–C–N with tert-alkyl or cyclic N) is 1. The van der Waals surface area contributed by atoms with Crippen LogP contribution in [0.5, 0.6) is 0 Å². The number of hydrogen-bond donors (Lipinski definition) is 4. The highest BCUT2D eigenvalue weighted by Crippen LogP contribution is 2.40. The number of nitrogens with one attached hydrogen (secondary N) is 3. The number of carbonyl (C=O) groups is 4. The van der Waals surface area contributed by atoms with Crippen molar-refractivity contribution in [3.63, 3.8) is 0 Å². The van der Waals surface area contributed by atoms with Gasteiger partial charge < -0.3 is 35.4 Å². The van der Waals surface area contributed by atoms with E-state index in [4.69, 9.17) is 26.1 Å². The van der Waals surface area contributed by atoms with Gasteiger partial charge >= 0.3 is 0 Å². The number of aliphatic hydroxyl groups is 1. The van der Waals surface area contributed by atoms with Gasteiger partial charge in [0.25, 0.3) is 0 Å². The molecule has 5 aromatic rings. The third kappa shape index (κ3) is 11.8. The zero-order valence-electron chi connectivity index (χ0n) is 38.9. The molecular weight excluding hydrogens is 914 g/mol. The first-order chi connectivity index (χ1) is 32.0. The SMILES string of the molecule is Cc1ncsc1-c1ccc(CNC(=O)[C@@H]2C[C@@H](O)CN2C(=O)[C@@H](NC(=O)COCCCOCCNC(=O)C[C@@H]2N=C(c3ccc(Cl)cc3)c3c(sc(C)c3C)-n3c(C)nnc32)C(C)(C)C)cc1. The van der Waals surface area contributed by atoms with E-state index in [9.17, 15) is 24.3 Å². The Morgan fingerprint density at radius 3 is 2.34 bits per heavy atom. The van der Waals surface area contributed by atoms with Gasteiger partial charge in [-0.15, -0.1) is 32.9 Å². The zero-order chi connectivity index (χ0) is 48.0. The second-order valence-corrected chi connectivity index (χ2v) is 20.4. The number of benzene rings is 2. The Kier molecular flexibility index (Phi) is 16.1. The number of rotatable bonds is 18. The number of amides is 4. The number of likely N-dealkylation sites (tertiary alicyclic amines) is 1. The highest BCUT2D eigenvalue weighted by atomic mass is 35.5. The van der Waals surface area contributed by atoms with E-state index in [-0.39, 0.29) is 64.1 Å². The second kappa shape index (κ2) is 21.7. The van der Waals surface area contributed by atoms with Crippen LogP contribution in [0.3, 0.4) is 0 Å². The summed E-state index contributed by atoms with van der Waals surface area (Å²) < 4.78 is 13.4. The Bertz CT molecular complexity index is 2600. The van der Waals surface area contributed by atoms with Crippen LogP contribution in [-0.2, 0) is 35.2 Å². The molecule has 0 bridgehead atoms. The van der Waals surface area contributed by atoms with Crippen molar-refractivity contribution in [2.45, 2.75) is 98.5 Å². The number of carbonyl (C=O) groups excluding carboxylic acids is 4. The highest BCUT2D eigenvalue weighted by Gasteiger charge is 2.44. The molecular formula is C48H58ClN9O7S2. The normalized spacial score (nSPS) is 17.3. The van der Waals surface area contributed by atoms with Gasteiger partial charge in [-0.05, 0) is 68.4 Å². The highest BCUT2D eigenvalue weighted by molar-refractivity contribution is 7.15. The first-order valence-corrected chi connectivity index (χ1v) is 24.4. The van der Waals surface area contributed by atoms with Crippen LogP contribution in [0.1, 0.15) is 90.5 Å². The van der Waals surface area contributed by atoms with E-state index in [0.717, 1.165) is 54.0 Å². The first kappa shape index (κ1) is 49.5. The molecule has 19 heteroatoms. The van der Waals surface area contributed by atoms with Crippen LogP contribution >= 0.6 is 34.3 Å². The summed E-state index contributed by atoms with van der Waals surface area (Å²) in [5.41, 5.74) is 7.76. The van der Waals surface area contributed by atoms with Crippen LogP contribution < -0.4 is 16.0 Å². The summed E-state index contributed by atoms with van der Waals surface area (Å²) in [6, 6.07) is 12.9. The number of fused-ring (bicyclic) bond motifs is 3. The quantitative estimate of drug-likeness (QED) is 0.0759. The van der Waals surface area contributed by atoms with E-state index in [1.54, 1.807) is 22.7 Å². The minimum atomic E-state index is -0.977. The van der Waals surface area contributed by atoms with Crippen molar-refractivity contribution in [3.05, 3.63) is 104 Å². The molecule has 16 nitrogen and oxygen atoms in total. The number of nitrogens with zero attached hydrogens (tertiary/aromatic N) is 6.